The van der Waals surface area contributed by atoms with Crippen LogP contribution in [0.25, 0.3) is 0 Å². The molecule has 1 heterocycles. The van der Waals surface area contributed by atoms with Crippen LogP contribution in [0.2, 0.25) is 0 Å². The van der Waals surface area contributed by atoms with E-state index in [1.807, 2.05) is 6.07 Å². The van der Waals surface area contributed by atoms with Gasteiger partial charge in [0.05, 0.1) is 18.5 Å². The molecule has 0 aromatic heterocycles. The number of para-hydroxylation sites is 1. The first kappa shape index (κ1) is 17.5. The summed E-state index contributed by atoms with van der Waals surface area (Å²) in [6.45, 7) is 2.85. The van der Waals surface area contributed by atoms with Gasteiger partial charge in [-0.1, -0.05) is 6.07 Å². The lowest BCUT2D eigenvalue weighted by atomic mass is 10.3. The third kappa shape index (κ3) is 4.22. The van der Waals surface area contributed by atoms with Crippen molar-refractivity contribution >= 4 is 23.4 Å². The van der Waals surface area contributed by atoms with E-state index in [1.54, 1.807) is 19.1 Å². The minimum atomic E-state index is -0.805. The smallest absolute Gasteiger partial charge is 0.237 e. The van der Waals surface area contributed by atoms with Crippen molar-refractivity contribution in [2.75, 3.05) is 18.5 Å². The lowest BCUT2D eigenvalue weighted by molar-refractivity contribution is -0.115. The van der Waals surface area contributed by atoms with Crippen molar-refractivity contribution in [3.63, 3.8) is 0 Å². The molecule has 2 aromatic carbocycles. The first-order chi connectivity index (χ1) is 12.0. The van der Waals surface area contributed by atoms with E-state index in [9.17, 15) is 13.6 Å². The lowest BCUT2D eigenvalue weighted by Gasteiger charge is -2.14. The molecule has 2 aromatic rings. The molecule has 25 heavy (non-hydrogen) atoms. The van der Waals surface area contributed by atoms with Crippen LogP contribution in [-0.4, -0.2) is 24.4 Å². The van der Waals surface area contributed by atoms with Gasteiger partial charge in [0.15, 0.2) is 11.5 Å². The quantitative estimate of drug-likeness (QED) is 0.823. The molecule has 1 atom stereocenters. The van der Waals surface area contributed by atoms with Gasteiger partial charge in [0, 0.05) is 11.3 Å². The third-order valence-electron chi connectivity index (χ3n) is 3.61. The summed E-state index contributed by atoms with van der Waals surface area (Å²) in [5.74, 6) is -0.786. The molecule has 132 valence electrons. The molecule has 3 rings (SSSR count). The van der Waals surface area contributed by atoms with Crippen molar-refractivity contribution in [2.24, 2.45) is 0 Å². The van der Waals surface area contributed by atoms with E-state index in [2.05, 4.69) is 5.32 Å². The number of carbonyl (C=O) groups is 1. The summed E-state index contributed by atoms with van der Waals surface area (Å²) in [4.78, 5) is 13.1. The Balaban J connectivity index is 1.68. The molecule has 1 unspecified atom stereocenters. The molecule has 0 aliphatic carbocycles. The fourth-order valence-electron chi connectivity index (χ4n) is 2.32. The molecule has 0 spiro atoms. The second kappa shape index (κ2) is 7.74. The van der Waals surface area contributed by atoms with E-state index < -0.39 is 28.5 Å². The van der Waals surface area contributed by atoms with Crippen molar-refractivity contribution in [3.05, 3.63) is 48.0 Å². The molecule has 0 radical (unpaired) electrons. The van der Waals surface area contributed by atoms with Crippen LogP contribution < -0.4 is 14.8 Å². The van der Waals surface area contributed by atoms with E-state index in [-0.39, 0.29) is 0 Å². The Kier molecular flexibility index (Phi) is 5.43. The van der Waals surface area contributed by atoms with Crippen LogP contribution in [-0.2, 0) is 4.79 Å². The number of carbonyl (C=O) groups excluding carboxylic acids is 1. The number of halogens is 2. The van der Waals surface area contributed by atoms with Gasteiger partial charge in [-0.25, -0.2) is 8.78 Å². The first-order valence-corrected chi connectivity index (χ1v) is 8.74. The van der Waals surface area contributed by atoms with E-state index in [4.69, 9.17) is 9.47 Å². The van der Waals surface area contributed by atoms with Gasteiger partial charge in [0.1, 0.15) is 17.3 Å². The maximum atomic E-state index is 13.6. The predicted octanol–water partition coefficient (Wildman–Crippen LogP) is 4.25. The minimum Gasteiger partial charge on any atom is -0.490 e. The molecule has 1 aliphatic heterocycles. The van der Waals surface area contributed by atoms with Crippen molar-refractivity contribution in [1.82, 2.24) is 0 Å². The van der Waals surface area contributed by atoms with E-state index >= 15 is 0 Å². The van der Waals surface area contributed by atoms with Gasteiger partial charge in [-0.05, 0) is 37.3 Å². The molecular weight excluding hydrogens is 348 g/mol. The van der Waals surface area contributed by atoms with Gasteiger partial charge in [0.2, 0.25) is 5.91 Å². The molecule has 4 nitrogen and oxygen atoms in total. The largest absolute Gasteiger partial charge is 0.490 e. The first-order valence-electron chi connectivity index (χ1n) is 7.86. The van der Waals surface area contributed by atoms with E-state index in [0.29, 0.717) is 24.7 Å². The molecule has 0 saturated carbocycles. The van der Waals surface area contributed by atoms with E-state index in [1.165, 1.54) is 17.8 Å². The van der Waals surface area contributed by atoms with Crippen LogP contribution in [0.1, 0.15) is 13.3 Å². The Morgan fingerprint density at radius 3 is 2.52 bits per heavy atom. The second-order valence-corrected chi connectivity index (χ2v) is 6.92. The summed E-state index contributed by atoms with van der Waals surface area (Å²) < 4.78 is 38.5. The summed E-state index contributed by atoms with van der Waals surface area (Å²) in [6.07, 6.45) is 0.810. The zero-order chi connectivity index (χ0) is 17.8. The van der Waals surface area contributed by atoms with Crippen LogP contribution in [0, 0.1) is 11.6 Å². The van der Waals surface area contributed by atoms with E-state index in [0.717, 1.165) is 23.4 Å². The van der Waals surface area contributed by atoms with Gasteiger partial charge >= 0.3 is 0 Å². The predicted molar refractivity (Wildman–Crippen MR) is 92.4 cm³/mol. The monoisotopic (exact) mass is 365 g/mol. The molecule has 0 fully saturated rings. The number of benzene rings is 2. The highest BCUT2D eigenvalue weighted by Crippen LogP contribution is 2.35. The number of fused-ring (bicyclic) bond motifs is 1. The highest BCUT2D eigenvalue weighted by Gasteiger charge is 2.19. The minimum absolute atomic E-state index is 0.432. The highest BCUT2D eigenvalue weighted by molar-refractivity contribution is 8.00. The number of hydrogen-bond acceptors (Lipinski definition) is 4. The van der Waals surface area contributed by atoms with Crippen molar-refractivity contribution in [1.29, 1.82) is 0 Å². The van der Waals surface area contributed by atoms with Crippen LogP contribution in [0.15, 0.2) is 41.3 Å². The van der Waals surface area contributed by atoms with Crippen LogP contribution in [0.5, 0.6) is 11.5 Å². The van der Waals surface area contributed by atoms with Crippen molar-refractivity contribution in [3.8, 4) is 11.5 Å². The molecule has 7 heteroatoms. The Labute approximate surface area is 148 Å². The molecule has 0 bridgehead atoms. The molecule has 1 N–H and O–H groups in total. The zero-order valence-corrected chi connectivity index (χ0v) is 14.4. The third-order valence-corrected chi connectivity index (χ3v) is 4.71. The summed E-state index contributed by atoms with van der Waals surface area (Å²) in [5.41, 5.74) is -0.432. The Bertz CT molecular complexity index is 765. The Morgan fingerprint density at radius 2 is 1.80 bits per heavy atom. The highest BCUT2D eigenvalue weighted by atomic mass is 32.2. The SMILES string of the molecule is CC(Sc1ccc2c(c1)OCCCO2)C(=O)Nc1c(F)cccc1F. The number of amides is 1. The molecule has 1 amide bonds. The molecule has 1 aliphatic rings. The average molecular weight is 365 g/mol. The van der Waals surface area contributed by atoms with Crippen molar-refractivity contribution < 1.29 is 23.0 Å². The Hall–Kier alpha value is -2.28. The van der Waals surface area contributed by atoms with Crippen LogP contribution in [0.3, 0.4) is 0 Å². The molecule has 0 saturated heterocycles. The maximum absolute atomic E-state index is 13.6. The Morgan fingerprint density at radius 1 is 1.12 bits per heavy atom. The van der Waals surface area contributed by atoms with Gasteiger partial charge in [-0.15, -0.1) is 11.8 Å². The van der Waals surface area contributed by atoms with Gasteiger partial charge < -0.3 is 14.8 Å². The molecular formula is C18H17F2NO3S. The zero-order valence-electron chi connectivity index (χ0n) is 13.6. The summed E-state index contributed by atoms with van der Waals surface area (Å²) in [7, 11) is 0. The summed E-state index contributed by atoms with van der Waals surface area (Å²) in [5, 5.41) is 1.75. The fourth-order valence-corrected chi connectivity index (χ4v) is 3.21. The lowest BCUT2D eigenvalue weighted by Crippen LogP contribution is -2.23. The number of thioether (sulfide) groups is 1. The van der Waals surface area contributed by atoms with Gasteiger partial charge in [0.25, 0.3) is 0 Å². The fraction of sp³-hybridized carbons (Fsp3) is 0.278. The normalized spacial score (nSPS) is 14.5. The number of anilines is 1. The maximum Gasteiger partial charge on any atom is 0.237 e. The number of nitrogens with one attached hydrogen (secondary N) is 1. The topological polar surface area (TPSA) is 47.6 Å². The average Bonchev–Trinajstić information content (AvgIpc) is 2.83. The van der Waals surface area contributed by atoms with Crippen LogP contribution >= 0.6 is 11.8 Å². The summed E-state index contributed by atoms with van der Waals surface area (Å²) >= 11 is 1.27. The van der Waals surface area contributed by atoms with Crippen LogP contribution in [0.4, 0.5) is 14.5 Å². The second-order valence-electron chi connectivity index (χ2n) is 5.51. The number of rotatable bonds is 4. The van der Waals surface area contributed by atoms with Gasteiger partial charge in [-0.2, -0.15) is 0 Å². The van der Waals surface area contributed by atoms with Gasteiger partial charge in [-0.3, -0.25) is 4.79 Å². The number of ether oxygens (including phenoxy) is 2. The van der Waals surface area contributed by atoms with Crippen molar-refractivity contribution in [2.45, 2.75) is 23.5 Å². The number of hydrogen-bond donors (Lipinski definition) is 1. The summed E-state index contributed by atoms with van der Waals surface area (Å²) in [6, 6.07) is 8.87. The standard InChI is InChI=1S/C18H17F2NO3S/c1-11(18(22)21-17-13(19)4-2-5-14(17)20)25-12-6-7-15-16(10-12)24-9-3-8-23-15/h2,4-7,10-11H,3,8-9H2,1H3,(H,21,22).